The lowest BCUT2D eigenvalue weighted by molar-refractivity contribution is -0.130. The summed E-state index contributed by atoms with van der Waals surface area (Å²) in [6.07, 6.45) is 1.49. The summed E-state index contributed by atoms with van der Waals surface area (Å²) in [4.78, 5) is 18.3. The topological polar surface area (TPSA) is 68.5 Å². The maximum Gasteiger partial charge on any atom is 0.226 e. The van der Waals surface area contributed by atoms with Gasteiger partial charge in [0.1, 0.15) is 18.2 Å². The molecular formula is C23H26FN3O3. The molecule has 0 unspecified atom stereocenters. The molecule has 3 rings (SSSR count). The van der Waals surface area contributed by atoms with Crippen molar-refractivity contribution in [3.05, 3.63) is 65.3 Å². The van der Waals surface area contributed by atoms with Crippen LogP contribution in [-0.4, -0.2) is 41.1 Å². The highest BCUT2D eigenvalue weighted by Crippen LogP contribution is 2.17. The lowest BCUT2D eigenvalue weighted by Gasteiger charge is -2.17. The Bertz CT molecular complexity index is 965. The zero-order valence-electron chi connectivity index (χ0n) is 17.5. The van der Waals surface area contributed by atoms with Crippen LogP contribution < -0.4 is 4.74 Å². The molecule has 1 heterocycles. The summed E-state index contributed by atoms with van der Waals surface area (Å²) in [6.45, 7) is 5.01. The van der Waals surface area contributed by atoms with Crippen molar-refractivity contribution < 1.29 is 18.4 Å². The van der Waals surface area contributed by atoms with Gasteiger partial charge in [0, 0.05) is 25.5 Å². The summed E-state index contributed by atoms with van der Waals surface area (Å²) >= 11 is 0. The highest BCUT2D eigenvalue weighted by molar-refractivity contribution is 5.75. The van der Waals surface area contributed by atoms with Crippen molar-refractivity contribution in [2.45, 2.75) is 33.1 Å². The van der Waals surface area contributed by atoms with Crippen LogP contribution in [0, 0.1) is 19.7 Å². The van der Waals surface area contributed by atoms with Gasteiger partial charge in [-0.2, -0.15) is 4.98 Å². The van der Waals surface area contributed by atoms with E-state index in [4.69, 9.17) is 9.26 Å². The molecule has 0 N–H and O–H groups in total. The van der Waals surface area contributed by atoms with E-state index in [0.29, 0.717) is 49.7 Å². The minimum absolute atomic E-state index is 0.0392. The number of nitrogens with zero attached hydrogens (tertiary/aromatic N) is 3. The minimum Gasteiger partial charge on any atom is -0.492 e. The second kappa shape index (κ2) is 10.0. The van der Waals surface area contributed by atoms with Gasteiger partial charge in [-0.05, 0) is 67.8 Å². The predicted molar refractivity (Wildman–Crippen MR) is 112 cm³/mol. The molecule has 0 fully saturated rings. The van der Waals surface area contributed by atoms with Crippen LogP contribution in [-0.2, 0) is 11.2 Å². The molecule has 0 bridgehead atoms. The van der Waals surface area contributed by atoms with Gasteiger partial charge in [0.25, 0.3) is 0 Å². The van der Waals surface area contributed by atoms with Crippen molar-refractivity contribution in [2.75, 3.05) is 20.2 Å². The second-order valence-electron chi connectivity index (χ2n) is 7.36. The Kier molecular flexibility index (Phi) is 7.17. The Morgan fingerprint density at radius 1 is 1.13 bits per heavy atom. The number of likely N-dealkylation sites (N-methyl/N-ethyl adjacent to an activating group) is 1. The van der Waals surface area contributed by atoms with E-state index in [9.17, 15) is 9.18 Å². The standard InChI is InChI=1S/C23H26FN3O3/c1-16-13-17(2)15-20(14-16)29-12-11-27(3)22(28)6-4-5-21-25-23(26-30-21)18-7-9-19(24)10-8-18/h7-10,13-15H,4-6,11-12H2,1-3H3. The fourth-order valence-corrected chi connectivity index (χ4v) is 3.10. The molecule has 2 aromatic carbocycles. The minimum atomic E-state index is -0.315. The molecule has 0 radical (unpaired) electrons. The molecule has 7 heteroatoms. The monoisotopic (exact) mass is 411 g/mol. The summed E-state index contributed by atoms with van der Waals surface area (Å²) in [6, 6.07) is 12.0. The Labute approximate surface area is 175 Å². The second-order valence-corrected chi connectivity index (χ2v) is 7.36. The normalized spacial score (nSPS) is 10.8. The van der Waals surface area contributed by atoms with Crippen LogP contribution >= 0.6 is 0 Å². The Balaban J connectivity index is 1.39. The molecule has 6 nitrogen and oxygen atoms in total. The van der Waals surface area contributed by atoms with Crippen LogP contribution in [0.1, 0.15) is 29.9 Å². The zero-order valence-corrected chi connectivity index (χ0v) is 17.5. The first-order valence-corrected chi connectivity index (χ1v) is 9.94. The zero-order chi connectivity index (χ0) is 21.5. The molecule has 0 atom stereocenters. The van der Waals surface area contributed by atoms with Crippen molar-refractivity contribution in [1.29, 1.82) is 0 Å². The van der Waals surface area contributed by atoms with E-state index in [2.05, 4.69) is 16.2 Å². The van der Waals surface area contributed by atoms with Crippen LogP contribution in [0.5, 0.6) is 5.75 Å². The van der Waals surface area contributed by atoms with E-state index >= 15 is 0 Å². The van der Waals surface area contributed by atoms with E-state index in [0.717, 1.165) is 16.9 Å². The van der Waals surface area contributed by atoms with Gasteiger partial charge in [-0.15, -0.1) is 0 Å². The number of ether oxygens (including phenoxy) is 1. The summed E-state index contributed by atoms with van der Waals surface area (Å²) in [5.74, 6) is 1.42. The molecule has 0 aliphatic heterocycles. The molecule has 0 aliphatic rings. The van der Waals surface area contributed by atoms with Gasteiger partial charge < -0.3 is 14.2 Å². The van der Waals surface area contributed by atoms with Crippen molar-refractivity contribution in [1.82, 2.24) is 15.0 Å². The molecule has 0 aliphatic carbocycles. The smallest absolute Gasteiger partial charge is 0.226 e. The first-order chi connectivity index (χ1) is 14.4. The molecule has 0 spiro atoms. The highest BCUT2D eigenvalue weighted by Gasteiger charge is 2.12. The van der Waals surface area contributed by atoms with Gasteiger partial charge in [-0.3, -0.25) is 4.79 Å². The van der Waals surface area contributed by atoms with Crippen LogP contribution in [0.15, 0.2) is 47.0 Å². The van der Waals surface area contributed by atoms with Crippen molar-refractivity contribution in [3.8, 4) is 17.1 Å². The maximum absolute atomic E-state index is 13.0. The fourth-order valence-electron chi connectivity index (χ4n) is 3.10. The third kappa shape index (κ3) is 6.14. The van der Waals surface area contributed by atoms with Gasteiger partial charge in [0.15, 0.2) is 0 Å². The van der Waals surface area contributed by atoms with Crippen LogP contribution in [0.4, 0.5) is 4.39 Å². The molecule has 0 saturated heterocycles. The van der Waals surface area contributed by atoms with Gasteiger partial charge in [-0.25, -0.2) is 4.39 Å². The average Bonchev–Trinajstić information content (AvgIpc) is 3.16. The number of hydrogen-bond donors (Lipinski definition) is 0. The molecule has 0 saturated carbocycles. The quantitative estimate of drug-likeness (QED) is 0.524. The van der Waals surface area contributed by atoms with Crippen molar-refractivity contribution >= 4 is 5.91 Å². The maximum atomic E-state index is 13.0. The number of aromatic nitrogens is 2. The first-order valence-electron chi connectivity index (χ1n) is 9.94. The number of rotatable bonds is 9. The summed E-state index contributed by atoms with van der Waals surface area (Å²) in [7, 11) is 1.77. The van der Waals surface area contributed by atoms with Gasteiger partial charge >= 0.3 is 0 Å². The van der Waals surface area contributed by atoms with Crippen molar-refractivity contribution in [2.24, 2.45) is 0 Å². The SMILES string of the molecule is Cc1cc(C)cc(OCCN(C)C(=O)CCCc2nc(-c3ccc(F)cc3)no2)c1. The lowest BCUT2D eigenvalue weighted by Crippen LogP contribution is -2.30. The largest absolute Gasteiger partial charge is 0.492 e. The van der Waals surface area contributed by atoms with E-state index in [-0.39, 0.29) is 11.7 Å². The van der Waals surface area contributed by atoms with E-state index in [1.54, 1.807) is 24.1 Å². The molecule has 1 aromatic heterocycles. The van der Waals surface area contributed by atoms with Crippen molar-refractivity contribution in [3.63, 3.8) is 0 Å². The number of halogens is 1. The molecule has 1 amide bonds. The van der Waals surface area contributed by atoms with E-state index < -0.39 is 0 Å². The number of carbonyl (C=O) groups is 1. The Hall–Kier alpha value is -3.22. The van der Waals surface area contributed by atoms with Crippen LogP contribution in [0.3, 0.4) is 0 Å². The lowest BCUT2D eigenvalue weighted by atomic mass is 10.1. The third-order valence-corrected chi connectivity index (χ3v) is 4.67. The van der Waals surface area contributed by atoms with Gasteiger partial charge in [0.05, 0.1) is 6.54 Å². The van der Waals surface area contributed by atoms with E-state index in [1.807, 2.05) is 26.0 Å². The highest BCUT2D eigenvalue weighted by atomic mass is 19.1. The Morgan fingerprint density at radius 2 is 1.83 bits per heavy atom. The first kappa shape index (κ1) is 21.5. The third-order valence-electron chi connectivity index (χ3n) is 4.67. The molecule has 158 valence electrons. The predicted octanol–water partition coefficient (Wildman–Crippen LogP) is 4.35. The summed E-state index contributed by atoms with van der Waals surface area (Å²) < 4.78 is 24.0. The van der Waals surface area contributed by atoms with Crippen LogP contribution in [0.2, 0.25) is 0 Å². The number of carbonyl (C=O) groups excluding carboxylic acids is 1. The number of amides is 1. The fraction of sp³-hybridized carbons (Fsp3) is 0.348. The van der Waals surface area contributed by atoms with Gasteiger partial charge in [-0.1, -0.05) is 11.2 Å². The number of benzene rings is 2. The molecular weight excluding hydrogens is 385 g/mol. The number of hydrogen-bond acceptors (Lipinski definition) is 5. The summed E-state index contributed by atoms with van der Waals surface area (Å²) in [5.41, 5.74) is 2.99. The summed E-state index contributed by atoms with van der Waals surface area (Å²) in [5, 5.41) is 3.91. The molecule has 30 heavy (non-hydrogen) atoms. The van der Waals surface area contributed by atoms with Gasteiger partial charge in [0.2, 0.25) is 17.6 Å². The number of aryl methyl sites for hydroxylation is 3. The van der Waals surface area contributed by atoms with Crippen LogP contribution in [0.25, 0.3) is 11.4 Å². The average molecular weight is 411 g/mol. The Morgan fingerprint density at radius 3 is 2.53 bits per heavy atom. The van der Waals surface area contributed by atoms with E-state index in [1.165, 1.54) is 12.1 Å². The molecule has 3 aromatic rings.